The normalized spacial score (nSPS) is 15.0. The third-order valence-corrected chi connectivity index (χ3v) is 5.96. The van der Waals surface area contributed by atoms with Gasteiger partial charge in [0.15, 0.2) is 5.11 Å². The lowest BCUT2D eigenvalue weighted by atomic mass is 9.92. The topological polar surface area (TPSA) is 75.3 Å². The molecule has 3 aromatic carbocycles. The van der Waals surface area contributed by atoms with Crippen molar-refractivity contribution in [1.82, 2.24) is 15.6 Å². The molecule has 1 amide bonds. The molecule has 178 valence electrons. The molecule has 7 heteroatoms. The van der Waals surface area contributed by atoms with E-state index >= 15 is 0 Å². The van der Waals surface area contributed by atoms with Crippen LogP contribution in [-0.2, 0) is 11.4 Å². The Labute approximate surface area is 215 Å². The van der Waals surface area contributed by atoms with Gasteiger partial charge in [0.1, 0.15) is 12.4 Å². The van der Waals surface area contributed by atoms with Crippen LogP contribution in [0.1, 0.15) is 22.7 Å². The summed E-state index contributed by atoms with van der Waals surface area (Å²) in [5.41, 5.74) is 4.56. The lowest BCUT2D eigenvalue weighted by Crippen LogP contribution is -2.45. The maximum atomic E-state index is 13.7. The average molecular weight is 493 g/mol. The number of amides is 1. The first kappa shape index (κ1) is 23.3. The number of benzene rings is 3. The Bertz CT molecular complexity index is 1390. The minimum atomic E-state index is -0.495. The summed E-state index contributed by atoms with van der Waals surface area (Å²) < 4.78 is 6.05. The Balaban J connectivity index is 1.52. The maximum absolute atomic E-state index is 13.7. The predicted octanol–water partition coefficient (Wildman–Crippen LogP) is 5.23. The van der Waals surface area contributed by atoms with Gasteiger partial charge in [0.2, 0.25) is 0 Å². The van der Waals surface area contributed by atoms with Gasteiger partial charge in [-0.1, -0.05) is 72.8 Å². The fourth-order valence-corrected chi connectivity index (χ4v) is 4.27. The van der Waals surface area contributed by atoms with Crippen LogP contribution in [0, 0.1) is 0 Å². The van der Waals surface area contributed by atoms with E-state index < -0.39 is 6.04 Å². The van der Waals surface area contributed by atoms with Crippen LogP contribution in [0.2, 0.25) is 0 Å². The molecule has 1 aliphatic heterocycles. The number of pyridine rings is 1. The number of thiocarbonyl (C=S) groups is 1. The van der Waals surface area contributed by atoms with Crippen molar-refractivity contribution in [3.63, 3.8) is 0 Å². The Morgan fingerprint density at radius 1 is 0.944 bits per heavy atom. The summed E-state index contributed by atoms with van der Waals surface area (Å²) >= 11 is 5.55. The van der Waals surface area contributed by atoms with E-state index in [2.05, 4.69) is 20.9 Å². The van der Waals surface area contributed by atoms with E-state index in [0.717, 1.165) is 16.7 Å². The Hall–Kier alpha value is -4.49. The Morgan fingerprint density at radius 3 is 2.47 bits per heavy atom. The first-order valence-electron chi connectivity index (χ1n) is 11.5. The minimum absolute atomic E-state index is 0.259. The summed E-state index contributed by atoms with van der Waals surface area (Å²) in [6.45, 7) is 0.446. The maximum Gasteiger partial charge on any atom is 0.256 e. The van der Waals surface area contributed by atoms with Gasteiger partial charge in [-0.2, -0.15) is 0 Å². The van der Waals surface area contributed by atoms with Crippen molar-refractivity contribution < 1.29 is 9.53 Å². The third kappa shape index (κ3) is 5.42. The van der Waals surface area contributed by atoms with Gasteiger partial charge in [-0.05, 0) is 53.2 Å². The zero-order chi connectivity index (χ0) is 24.7. The molecule has 0 saturated carbocycles. The minimum Gasteiger partial charge on any atom is -0.489 e. The Morgan fingerprint density at radius 2 is 1.72 bits per heavy atom. The first-order valence-corrected chi connectivity index (χ1v) is 11.9. The number of hydrogen-bond donors (Lipinski definition) is 3. The number of hydrogen-bond acceptors (Lipinski definition) is 4. The number of nitrogens with zero attached hydrogens (tertiary/aromatic N) is 1. The molecule has 1 unspecified atom stereocenters. The van der Waals surface area contributed by atoms with Crippen molar-refractivity contribution in [2.45, 2.75) is 12.6 Å². The second-order valence-electron chi connectivity index (χ2n) is 8.23. The molecule has 5 rings (SSSR count). The zero-order valence-electron chi connectivity index (χ0n) is 19.3. The molecule has 0 radical (unpaired) electrons. The molecule has 1 atom stereocenters. The van der Waals surface area contributed by atoms with E-state index in [-0.39, 0.29) is 5.91 Å². The van der Waals surface area contributed by atoms with Crippen molar-refractivity contribution in [1.29, 1.82) is 0 Å². The predicted molar refractivity (Wildman–Crippen MR) is 145 cm³/mol. The number of rotatable bonds is 7. The molecular weight excluding hydrogens is 468 g/mol. The highest BCUT2D eigenvalue weighted by Crippen LogP contribution is 2.33. The molecule has 0 saturated heterocycles. The summed E-state index contributed by atoms with van der Waals surface area (Å²) in [4.78, 5) is 17.8. The number of aromatic nitrogens is 1. The molecule has 1 aliphatic rings. The zero-order valence-corrected chi connectivity index (χ0v) is 20.2. The van der Waals surface area contributed by atoms with E-state index in [1.165, 1.54) is 0 Å². The molecule has 0 fully saturated rings. The number of ether oxygens (including phenoxy) is 1. The van der Waals surface area contributed by atoms with Crippen molar-refractivity contribution in [3.8, 4) is 5.75 Å². The molecule has 36 heavy (non-hydrogen) atoms. The summed E-state index contributed by atoms with van der Waals surface area (Å²) in [6, 6.07) is 30.5. The van der Waals surface area contributed by atoms with Crippen molar-refractivity contribution in [3.05, 3.63) is 132 Å². The molecule has 4 aromatic rings. The smallest absolute Gasteiger partial charge is 0.256 e. The van der Waals surface area contributed by atoms with Crippen molar-refractivity contribution in [2.24, 2.45) is 0 Å². The second-order valence-corrected chi connectivity index (χ2v) is 8.64. The van der Waals surface area contributed by atoms with E-state index in [4.69, 9.17) is 17.0 Å². The number of anilines is 1. The molecule has 2 heterocycles. The van der Waals surface area contributed by atoms with Crippen LogP contribution >= 0.6 is 12.2 Å². The van der Waals surface area contributed by atoms with Gasteiger partial charge in [-0.25, -0.2) is 0 Å². The molecule has 3 N–H and O–H groups in total. The molecule has 1 aromatic heterocycles. The second kappa shape index (κ2) is 10.8. The lowest BCUT2D eigenvalue weighted by molar-refractivity contribution is -0.113. The number of carbonyl (C=O) groups excluding carboxylic acids is 1. The van der Waals surface area contributed by atoms with Crippen LogP contribution in [-0.4, -0.2) is 16.0 Å². The van der Waals surface area contributed by atoms with E-state index in [1.807, 2.05) is 84.9 Å². The van der Waals surface area contributed by atoms with Crippen LogP contribution in [0.25, 0.3) is 5.70 Å². The highest BCUT2D eigenvalue weighted by atomic mass is 32.1. The Kier molecular flexibility index (Phi) is 7.00. The SMILES string of the molecule is O=C(Nc1cccnc1)C1=C(c2ccccc2)NC(=S)NC1c1cccc(OCc2ccccc2)c1. The molecule has 0 aliphatic carbocycles. The van der Waals surface area contributed by atoms with E-state index in [1.54, 1.807) is 24.5 Å². The molecule has 0 spiro atoms. The summed E-state index contributed by atoms with van der Waals surface area (Å²) in [5, 5.41) is 9.89. The fraction of sp³-hybridized carbons (Fsp3) is 0.0690. The van der Waals surface area contributed by atoms with E-state index in [0.29, 0.717) is 34.4 Å². The van der Waals surface area contributed by atoms with E-state index in [9.17, 15) is 4.79 Å². The van der Waals surface area contributed by atoms with Gasteiger partial charge >= 0.3 is 0 Å². The standard InChI is InChI=1S/C29H24N4O2S/c34-28(31-23-14-8-16-30-18-23)25-26(21-11-5-2-6-12-21)32-29(36)33-27(25)22-13-7-15-24(17-22)35-19-20-9-3-1-4-10-20/h1-18,27H,19H2,(H,31,34)(H2,32,33,36). The third-order valence-electron chi connectivity index (χ3n) is 5.74. The highest BCUT2D eigenvalue weighted by molar-refractivity contribution is 7.80. The highest BCUT2D eigenvalue weighted by Gasteiger charge is 2.32. The van der Waals surface area contributed by atoms with Gasteiger partial charge < -0.3 is 20.7 Å². The fourth-order valence-electron chi connectivity index (χ4n) is 4.05. The van der Waals surface area contributed by atoms with Gasteiger partial charge in [0.05, 0.1) is 29.2 Å². The summed E-state index contributed by atoms with van der Waals surface area (Å²) in [7, 11) is 0. The average Bonchev–Trinajstić information content (AvgIpc) is 2.93. The van der Waals surface area contributed by atoms with Crippen LogP contribution in [0.4, 0.5) is 5.69 Å². The molecule has 6 nitrogen and oxygen atoms in total. The van der Waals surface area contributed by atoms with Gasteiger partial charge in [0, 0.05) is 6.20 Å². The summed E-state index contributed by atoms with van der Waals surface area (Å²) in [5.74, 6) is 0.445. The van der Waals surface area contributed by atoms with Crippen LogP contribution < -0.4 is 20.7 Å². The molecular formula is C29H24N4O2S. The van der Waals surface area contributed by atoms with Gasteiger partial charge in [0.25, 0.3) is 5.91 Å². The number of nitrogens with one attached hydrogen (secondary N) is 3. The van der Waals surface area contributed by atoms with Gasteiger partial charge in [-0.3, -0.25) is 9.78 Å². The quantitative estimate of drug-likeness (QED) is 0.307. The monoisotopic (exact) mass is 492 g/mol. The lowest BCUT2D eigenvalue weighted by Gasteiger charge is -2.32. The van der Waals surface area contributed by atoms with Crippen LogP contribution in [0.15, 0.2) is 115 Å². The van der Waals surface area contributed by atoms with Crippen molar-refractivity contribution in [2.75, 3.05) is 5.32 Å². The van der Waals surface area contributed by atoms with Crippen molar-refractivity contribution >= 4 is 34.6 Å². The van der Waals surface area contributed by atoms with Gasteiger partial charge in [-0.15, -0.1) is 0 Å². The molecule has 0 bridgehead atoms. The van der Waals surface area contributed by atoms with Crippen LogP contribution in [0.5, 0.6) is 5.75 Å². The number of carbonyl (C=O) groups is 1. The summed E-state index contributed by atoms with van der Waals surface area (Å²) in [6.07, 6.45) is 3.28. The first-order chi connectivity index (χ1) is 17.7. The van der Waals surface area contributed by atoms with Crippen LogP contribution in [0.3, 0.4) is 0 Å². The largest absolute Gasteiger partial charge is 0.489 e.